The third kappa shape index (κ3) is 4.39. The van der Waals surface area contributed by atoms with E-state index in [9.17, 15) is 0 Å². The fourth-order valence-corrected chi connectivity index (χ4v) is 2.19. The van der Waals surface area contributed by atoms with Gasteiger partial charge in [0.25, 0.3) is 0 Å². The van der Waals surface area contributed by atoms with Gasteiger partial charge in [0.2, 0.25) is 0 Å². The second-order valence-electron chi connectivity index (χ2n) is 5.04. The van der Waals surface area contributed by atoms with E-state index in [0.717, 1.165) is 44.1 Å². The minimum absolute atomic E-state index is 0.303. The normalized spacial score (nSPS) is 15.1. The number of nitrogens with one attached hydrogen (secondary N) is 1. The molecule has 1 heterocycles. The van der Waals surface area contributed by atoms with Crippen molar-refractivity contribution in [2.24, 2.45) is 0 Å². The van der Waals surface area contributed by atoms with Crippen LogP contribution in [0.15, 0.2) is 18.2 Å². The molecule has 1 unspecified atom stereocenters. The summed E-state index contributed by atoms with van der Waals surface area (Å²) < 4.78 is 16.6. The molecular formula is C16H25NO3. The summed E-state index contributed by atoms with van der Waals surface area (Å²) in [5, 5.41) is 3.51. The number of hydrogen-bond donors (Lipinski definition) is 1. The zero-order chi connectivity index (χ0) is 14.2. The Labute approximate surface area is 121 Å². The molecular weight excluding hydrogens is 254 g/mol. The van der Waals surface area contributed by atoms with E-state index in [0.29, 0.717) is 19.3 Å². The third-order valence-electron chi connectivity index (χ3n) is 3.33. The lowest BCUT2D eigenvalue weighted by Gasteiger charge is -2.21. The largest absolute Gasteiger partial charge is 0.486 e. The molecule has 4 nitrogen and oxygen atoms in total. The van der Waals surface area contributed by atoms with Crippen molar-refractivity contribution in [3.05, 3.63) is 23.8 Å². The Kier molecular flexibility index (Phi) is 6.15. The number of hydrogen-bond acceptors (Lipinski definition) is 4. The number of rotatable bonds is 8. The van der Waals surface area contributed by atoms with Gasteiger partial charge in [0.05, 0.1) is 0 Å². The standard InChI is InChI=1S/C16H25NO3/c1-3-8-18-9-4-7-17-13(2)14-5-6-15-16(12-14)20-11-10-19-15/h5-6,12-13,17H,3-4,7-11H2,1-2H3. The van der Waals surface area contributed by atoms with Gasteiger partial charge in [-0.25, -0.2) is 0 Å². The van der Waals surface area contributed by atoms with Crippen LogP contribution in [0.25, 0.3) is 0 Å². The van der Waals surface area contributed by atoms with Gasteiger partial charge in [-0.05, 0) is 44.0 Å². The molecule has 0 fully saturated rings. The van der Waals surface area contributed by atoms with Gasteiger partial charge < -0.3 is 19.5 Å². The van der Waals surface area contributed by atoms with Crippen LogP contribution < -0.4 is 14.8 Å². The molecule has 1 aromatic rings. The van der Waals surface area contributed by atoms with Crippen LogP contribution in [-0.4, -0.2) is 33.0 Å². The Hall–Kier alpha value is -1.26. The topological polar surface area (TPSA) is 39.7 Å². The summed E-state index contributed by atoms with van der Waals surface area (Å²) in [6.45, 7) is 8.21. The second-order valence-corrected chi connectivity index (χ2v) is 5.04. The van der Waals surface area contributed by atoms with E-state index in [1.807, 2.05) is 6.07 Å². The van der Waals surface area contributed by atoms with Crippen molar-refractivity contribution in [2.75, 3.05) is 33.0 Å². The first kappa shape index (κ1) is 15.1. The molecule has 2 rings (SSSR count). The molecule has 0 saturated heterocycles. The molecule has 1 atom stereocenters. The number of benzene rings is 1. The lowest BCUT2D eigenvalue weighted by atomic mass is 10.1. The van der Waals surface area contributed by atoms with E-state index in [4.69, 9.17) is 14.2 Å². The van der Waals surface area contributed by atoms with E-state index < -0.39 is 0 Å². The quantitative estimate of drug-likeness (QED) is 0.743. The van der Waals surface area contributed by atoms with Gasteiger partial charge >= 0.3 is 0 Å². The van der Waals surface area contributed by atoms with Crippen LogP contribution in [-0.2, 0) is 4.74 Å². The van der Waals surface area contributed by atoms with Crippen LogP contribution in [0, 0.1) is 0 Å². The van der Waals surface area contributed by atoms with Crippen LogP contribution in [0.5, 0.6) is 11.5 Å². The Morgan fingerprint density at radius 1 is 1.20 bits per heavy atom. The molecule has 0 spiro atoms. The molecule has 1 aliphatic rings. The zero-order valence-corrected chi connectivity index (χ0v) is 12.5. The van der Waals surface area contributed by atoms with Crippen LogP contribution in [0.2, 0.25) is 0 Å². The first-order valence-corrected chi connectivity index (χ1v) is 7.52. The lowest BCUT2D eigenvalue weighted by molar-refractivity contribution is 0.132. The first-order valence-electron chi connectivity index (χ1n) is 7.52. The van der Waals surface area contributed by atoms with Crippen LogP contribution in [0.3, 0.4) is 0 Å². The average molecular weight is 279 g/mol. The van der Waals surface area contributed by atoms with E-state index in [-0.39, 0.29) is 0 Å². The summed E-state index contributed by atoms with van der Waals surface area (Å²) in [6, 6.07) is 6.46. The molecule has 4 heteroatoms. The summed E-state index contributed by atoms with van der Waals surface area (Å²) in [6.07, 6.45) is 2.12. The van der Waals surface area contributed by atoms with E-state index in [2.05, 4.69) is 31.3 Å². The van der Waals surface area contributed by atoms with Gasteiger partial charge in [0, 0.05) is 19.3 Å². The number of ether oxygens (including phenoxy) is 3. The summed E-state index contributed by atoms with van der Waals surface area (Å²) in [7, 11) is 0. The Morgan fingerprint density at radius 3 is 2.80 bits per heavy atom. The summed E-state index contributed by atoms with van der Waals surface area (Å²) >= 11 is 0. The SMILES string of the molecule is CCCOCCCNC(C)c1ccc2c(c1)OCCO2. The molecule has 1 aliphatic heterocycles. The van der Waals surface area contributed by atoms with Crippen molar-refractivity contribution in [1.29, 1.82) is 0 Å². The van der Waals surface area contributed by atoms with Crippen molar-refractivity contribution in [3.63, 3.8) is 0 Å². The lowest BCUT2D eigenvalue weighted by Crippen LogP contribution is -2.21. The van der Waals surface area contributed by atoms with Crippen LogP contribution >= 0.6 is 0 Å². The van der Waals surface area contributed by atoms with E-state index in [1.54, 1.807) is 0 Å². The molecule has 1 N–H and O–H groups in total. The molecule has 0 aromatic heterocycles. The molecule has 20 heavy (non-hydrogen) atoms. The minimum atomic E-state index is 0.303. The maximum Gasteiger partial charge on any atom is 0.161 e. The molecule has 0 radical (unpaired) electrons. The van der Waals surface area contributed by atoms with Crippen molar-refractivity contribution in [2.45, 2.75) is 32.7 Å². The maximum absolute atomic E-state index is 5.61. The average Bonchev–Trinajstić information content (AvgIpc) is 2.50. The Balaban J connectivity index is 1.76. The van der Waals surface area contributed by atoms with Crippen LogP contribution in [0.1, 0.15) is 38.3 Å². The van der Waals surface area contributed by atoms with Crippen molar-refractivity contribution < 1.29 is 14.2 Å². The van der Waals surface area contributed by atoms with Gasteiger partial charge in [0.1, 0.15) is 13.2 Å². The Morgan fingerprint density at radius 2 is 2.00 bits per heavy atom. The highest BCUT2D eigenvalue weighted by molar-refractivity contribution is 5.44. The smallest absolute Gasteiger partial charge is 0.161 e. The highest BCUT2D eigenvalue weighted by Crippen LogP contribution is 2.32. The predicted molar refractivity (Wildman–Crippen MR) is 79.6 cm³/mol. The fraction of sp³-hybridized carbons (Fsp3) is 0.625. The highest BCUT2D eigenvalue weighted by atomic mass is 16.6. The molecule has 0 saturated carbocycles. The first-order chi connectivity index (χ1) is 9.81. The number of fused-ring (bicyclic) bond motifs is 1. The van der Waals surface area contributed by atoms with Gasteiger partial charge in [-0.15, -0.1) is 0 Å². The minimum Gasteiger partial charge on any atom is -0.486 e. The molecule has 0 aliphatic carbocycles. The summed E-state index contributed by atoms with van der Waals surface area (Å²) in [5.74, 6) is 1.70. The van der Waals surface area contributed by atoms with Gasteiger partial charge in [-0.3, -0.25) is 0 Å². The second kappa shape index (κ2) is 8.12. The molecule has 0 amide bonds. The van der Waals surface area contributed by atoms with Gasteiger partial charge in [-0.1, -0.05) is 13.0 Å². The van der Waals surface area contributed by atoms with E-state index >= 15 is 0 Å². The predicted octanol–water partition coefficient (Wildman–Crippen LogP) is 2.93. The van der Waals surface area contributed by atoms with Crippen molar-refractivity contribution in [1.82, 2.24) is 5.32 Å². The van der Waals surface area contributed by atoms with Crippen LogP contribution in [0.4, 0.5) is 0 Å². The summed E-state index contributed by atoms with van der Waals surface area (Å²) in [4.78, 5) is 0. The monoisotopic (exact) mass is 279 g/mol. The molecule has 1 aromatic carbocycles. The molecule has 112 valence electrons. The van der Waals surface area contributed by atoms with Gasteiger partial charge in [-0.2, -0.15) is 0 Å². The Bertz CT molecular complexity index is 409. The van der Waals surface area contributed by atoms with Crippen molar-refractivity contribution >= 4 is 0 Å². The highest BCUT2D eigenvalue weighted by Gasteiger charge is 2.13. The molecule has 0 bridgehead atoms. The van der Waals surface area contributed by atoms with E-state index in [1.165, 1.54) is 5.56 Å². The summed E-state index contributed by atoms with van der Waals surface area (Å²) in [5.41, 5.74) is 1.23. The zero-order valence-electron chi connectivity index (χ0n) is 12.5. The maximum atomic E-state index is 5.61. The fourth-order valence-electron chi connectivity index (χ4n) is 2.19. The van der Waals surface area contributed by atoms with Crippen molar-refractivity contribution in [3.8, 4) is 11.5 Å². The van der Waals surface area contributed by atoms with Gasteiger partial charge in [0.15, 0.2) is 11.5 Å². The third-order valence-corrected chi connectivity index (χ3v) is 3.33.